The quantitative estimate of drug-likeness (QED) is 0.182. The standard InChI is InChI=1S/C18H32O8/c1-2-3-4-5-6-7-8-14(18(24)26-16(12-21)13-22)9-17(23)25-15(10-19)11-20/h4-5,14-16,19-22H,2-3,6-13H2,1H3/b5-4+. The Morgan fingerprint density at radius 1 is 0.885 bits per heavy atom. The topological polar surface area (TPSA) is 134 Å². The zero-order chi connectivity index (χ0) is 19.8. The van der Waals surface area contributed by atoms with E-state index >= 15 is 0 Å². The Hall–Kier alpha value is -1.48. The van der Waals surface area contributed by atoms with E-state index in [2.05, 4.69) is 13.0 Å². The van der Waals surface area contributed by atoms with Crippen molar-refractivity contribution in [3.8, 4) is 0 Å². The number of aliphatic hydroxyl groups excluding tert-OH is 4. The lowest BCUT2D eigenvalue weighted by atomic mass is 9.98. The molecule has 0 radical (unpaired) electrons. The SMILES string of the molecule is CCC/C=C/CCCC(CC(=O)OC(CO)CO)C(=O)OC(CO)CO. The summed E-state index contributed by atoms with van der Waals surface area (Å²) in [6.07, 6.45) is 5.55. The number of carbonyl (C=O) groups is 2. The smallest absolute Gasteiger partial charge is 0.309 e. The molecule has 0 saturated heterocycles. The summed E-state index contributed by atoms with van der Waals surface area (Å²) in [5.74, 6) is -2.22. The molecule has 0 bridgehead atoms. The molecule has 0 aromatic carbocycles. The van der Waals surface area contributed by atoms with Crippen LogP contribution in [0.3, 0.4) is 0 Å². The van der Waals surface area contributed by atoms with Crippen molar-refractivity contribution in [3.05, 3.63) is 12.2 Å². The van der Waals surface area contributed by atoms with Gasteiger partial charge in [0, 0.05) is 0 Å². The van der Waals surface area contributed by atoms with Gasteiger partial charge in [0.2, 0.25) is 0 Å². The van der Waals surface area contributed by atoms with E-state index in [1.807, 2.05) is 6.08 Å². The molecule has 0 aromatic heterocycles. The van der Waals surface area contributed by atoms with Crippen LogP contribution in [0.1, 0.15) is 45.4 Å². The van der Waals surface area contributed by atoms with Gasteiger partial charge in [0.15, 0.2) is 0 Å². The molecule has 26 heavy (non-hydrogen) atoms. The van der Waals surface area contributed by atoms with E-state index in [-0.39, 0.29) is 6.42 Å². The molecule has 0 rings (SSSR count). The van der Waals surface area contributed by atoms with Gasteiger partial charge in [-0.2, -0.15) is 0 Å². The molecule has 1 atom stereocenters. The van der Waals surface area contributed by atoms with Crippen molar-refractivity contribution in [2.75, 3.05) is 26.4 Å². The number of hydrogen-bond donors (Lipinski definition) is 4. The van der Waals surface area contributed by atoms with E-state index in [9.17, 15) is 9.59 Å². The fraction of sp³-hybridized carbons (Fsp3) is 0.778. The number of allylic oxidation sites excluding steroid dienone is 2. The number of hydrogen-bond acceptors (Lipinski definition) is 8. The normalized spacial score (nSPS) is 12.7. The predicted octanol–water partition coefficient (Wildman–Crippen LogP) is 0.312. The third-order valence-electron chi connectivity index (χ3n) is 3.69. The zero-order valence-corrected chi connectivity index (χ0v) is 15.4. The summed E-state index contributed by atoms with van der Waals surface area (Å²) in [7, 11) is 0. The van der Waals surface area contributed by atoms with Crippen LogP contribution in [0.2, 0.25) is 0 Å². The largest absolute Gasteiger partial charge is 0.457 e. The molecule has 1 unspecified atom stereocenters. The molecule has 8 nitrogen and oxygen atoms in total. The van der Waals surface area contributed by atoms with Crippen molar-refractivity contribution in [2.45, 2.75) is 57.7 Å². The summed E-state index contributed by atoms with van der Waals surface area (Å²) in [4.78, 5) is 24.1. The lowest BCUT2D eigenvalue weighted by Crippen LogP contribution is -2.32. The summed E-state index contributed by atoms with van der Waals surface area (Å²) < 4.78 is 9.89. The van der Waals surface area contributed by atoms with E-state index in [0.717, 1.165) is 19.3 Å². The Balaban J connectivity index is 4.70. The van der Waals surface area contributed by atoms with E-state index < -0.39 is 56.5 Å². The van der Waals surface area contributed by atoms with Crippen molar-refractivity contribution >= 4 is 11.9 Å². The van der Waals surface area contributed by atoms with Crippen LogP contribution in [-0.2, 0) is 19.1 Å². The second-order valence-corrected chi connectivity index (χ2v) is 5.99. The number of unbranched alkanes of at least 4 members (excludes halogenated alkanes) is 2. The van der Waals surface area contributed by atoms with Crippen LogP contribution in [0.5, 0.6) is 0 Å². The highest BCUT2D eigenvalue weighted by Gasteiger charge is 2.27. The van der Waals surface area contributed by atoms with Gasteiger partial charge in [-0.25, -0.2) is 0 Å². The Bertz CT molecular complexity index is 402. The molecule has 8 heteroatoms. The first-order valence-corrected chi connectivity index (χ1v) is 9.00. The van der Waals surface area contributed by atoms with Crippen LogP contribution < -0.4 is 0 Å². The fourth-order valence-electron chi connectivity index (χ4n) is 2.15. The lowest BCUT2D eigenvalue weighted by molar-refractivity contribution is -0.165. The molecule has 0 amide bonds. The van der Waals surface area contributed by atoms with Gasteiger partial charge < -0.3 is 29.9 Å². The van der Waals surface area contributed by atoms with Crippen LogP contribution in [0.15, 0.2) is 12.2 Å². The maximum atomic E-state index is 12.2. The number of rotatable bonds is 15. The molecule has 0 spiro atoms. The molecule has 0 aliphatic rings. The van der Waals surface area contributed by atoms with E-state index in [1.165, 1.54) is 0 Å². The van der Waals surface area contributed by atoms with Gasteiger partial charge in [-0.15, -0.1) is 0 Å². The number of carbonyl (C=O) groups excluding carboxylic acids is 2. The first-order chi connectivity index (χ1) is 12.5. The van der Waals surface area contributed by atoms with Crippen molar-refractivity contribution in [3.63, 3.8) is 0 Å². The third kappa shape index (κ3) is 11.2. The van der Waals surface area contributed by atoms with Gasteiger partial charge in [0.25, 0.3) is 0 Å². The zero-order valence-electron chi connectivity index (χ0n) is 15.4. The second kappa shape index (κ2) is 15.7. The molecule has 0 fully saturated rings. The Labute approximate surface area is 154 Å². The van der Waals surface area contributed by atoms with Gasteiger partial charge in [0.1, 0.15) is 12.2 Å². The first-order valence-electron chi connectivity index (χ1n) is 9.00. The first kappa shape index (κ1) is 24.5. The summed E-state index contributed by atoms with van der Waals surface area (Å²) in [6, 6.07) is 0. The summed E-state index contributed by atoms with van der Waals surface area (Å²) >= 11 is 0. The van der Waals surface area contributed by atoms with Crippen molar-refractivity contribution in [2.24, 2.45) is 5.92 Å². The summed E-state index contributed by atoms with van der Waals surface area (Å²) in [5.41, 5.74) is 0. The van der Waals surface area contributed by atoms with Crippen molar-refractivity contribution < 1.29 is 39.5 Å². The van der Waals surface area contributed by atoms with Gasteiger partial charge >= 0.3 is 11.9 Å². The highest BCUT2D eigenvalue weighted by Crippen LogP contribution is 2.18. The van der Waals surface area contributed by atoms with Crippen LogP contribution in [0.25, 0.3) is 0 Å². The monoisotopic (exact) mass is 376 g/mol. The molecular weight excluding hydrogens is 344 g/mol. The summed E-state index contributed by atoms with van der Waals surface area (Å²) in [5, 5.41) is 36.0. The maximum absolute atomic E-state index is 12.2. The van der Waals surface area contributed by atoms with Crippen LogP contribution >= 0.6 is 0 Å². The molecular formula is C18H32O8. The number of esters is 2. The minimum absolute atomic E-state index is 0.266. The van der Waals surface area contributed by atoms with E-state index in [4.69, 9.17) is 29.9 Å². The lowest BCUT2D eigenvalue weighted by Gasteiger charge is -2.20. The minimum atomic E-state index is -1.03. The Kier molecular flexibility index (Phi) is 14.9. The third-order valence-corrected chi connectivity index (χ3v) is 3.69. The highest BCUT2D eigenvalue weighted by atomic mass is 16.6. The van der Waals surface area contributed by atoms with Crippen LogP contribution in [0.4, 0.5) is 0 Å². The van der Waals surface area contributed by atoms with Gasteiger partial charge in [0.05, 0.1) is 38.8 Å². The average molecular weight is 376 g/mol. The van der Waals surface area contributed by atoms with Gasteiger partial charge in [-0.3, -0.25) is 9.59 Å². The Morgan fingerprint density at radius 2 is 1.42 bits per heavy atom. The molecule has 4 N–H and O–H groups in total. The maximum Gasteiger partial charge on any atom is 0.309 e. The Morgan fingerprint density at radius 3 is 1.96 bits per heavy atom. The molecule has 0 aliphatic heterocycles. The van der Waals surface area contributed by atoms with Crippen molar-refractivity contribution in [1.29, 1.82) is 0 Å². The molecule has 0 saturated carbocycles. The highest BCUT2D eigenvalue weighted by molar-refractivity contribution is 5.80. The molecule has 0 aromatic rings. The minimum Gasteiger partial charge on any atom is -0.457 e. The molecule has 0 heterocycles. The van der Waals surface area contributed by atoms with Crippen molar-refractivity contribution in [1.82, 2.24) is 0 Å². The van der Waals surface area contributed by atoms with Gasteiger partial charge in [-0.1, -0.05) is 25.5 Å². The second-order valence-electron chi connectivity index (χ2n) is 5.99. The fourth-order valence-corrected chi connectivity index (χ4v) is 2.15. The molecule has 0 aliphatic carbocycles. The van der Waals surface area contributed by atoms with E-state index in [0.29, 0.717) is 12.8 Å². The predicted molar refractivity (Wildman–Crippen MR) is 94.1 cm³/mol. The molecule has 152 valence electrons. The average Bonchev–Trinajstić information content (AvgIpc) is 2.65. The van der Waals surface area contributed by atoms with Crippen LogP contribution in [0, 0.1) is 5.92 Å². The number of aliphatic hydroxyl groups is 4. The van der Waals surface area contributed by atoms with Crippen LogP contribution in [-0.4, -0.2) is 71.0 Å². The summed E-state index contributed by atoms with van der Waals surface area (Å²) in [6.45, 7) is 0.00657. The van der Waals surface area contributed by atoms with E-state index in [1.54, 1.807) is 0 Å². The van der Waals surface area contributed by atoms with Gasteiger partial charge in [-0.05, 0) is 25.7 Å². The number of ether oxygens (including phenoxy) is 2.